The maximum atomic E-state index is 5.71. The van der Waals surface area contributed by atoms with Crippen LogP contribution in [0.3, 0.4) is 0 Å². The smallest absolute Gasteiger partial charge is 0.119 e. The minimum Gasteiger partial charge on any atom is -0.491 e. The zero-order valence-corrected chi connectivity index (χ0v) is 13.9. The normalized spacial score (nSPS) is 12.4. The van der Waals surface area contributed by atoms with Gasteiger partial charge in [0.1, 0.15) is 5.75 Å². The summed E-state index contributed by atoms with van der Waals surface area (Å²) in [4.78, 5) is 0. The lowest BCUT2D eigenvalue weighted by molar-refractivity contribution is 0.242. The van der Waals surface area contributed by atoms with Gasteiger partial charge in [0.15, 0.2) is 0 Å². The van der Waals surface area contributed by atoms with E-state index in [-0.39, 0.29) is 6.10 Å². The van der Waals surface area contributed by atoms with E-state index in [1.807, 2.05) is 7.05 Å². The van der Waals surface area contributed by atoms with Crippen LogP contribution in [0.15, 0.2) is 54.6 Å². The van der Waals surface area contributed by atoms with Crippen molar-refractivity contribution in [1.82, 2.24) is 5.32 Å². The quantitative estimate of drug-likeness (QED) is 0.779. The Morgan fingerprint density at radius 2 is 1.64 bits per heavy atom. The molecule has 0 aliphatic heterocycles. The van der Waals surface area contributed by atoms with Gasteiger partial charge in [0.2, 0.25) is 0 Å². The van der Waals surface area contributed by atoms with Gasteiger partial charge in [0, 0.05) is 0 Å². The summed E-state index contributed by atoms with van der Waals surface area (Å²) in [5.74, 6) is 1.50. The van der Waals surface area contributed by atoms with Crippen LogP contribution in [0.2, 0.25) is 0 Å². The van der Waals surface area contributed by atoms with Crippen LogP contribution < -0.4 is 10.1 Å². The number of ether oxygens (including phenoxy) is 1. The molecule has 1 unspecified atom stereocenters. The lowest BCUT2D eigenvalue weighted by atomic mass is 9.89. The monoisotopic (exact) mass is 297 g/mol. The van der Waals surface area contributed by atoms with Crippen LogP contribution >= 0.6 is 0 Å². The standard InChI is InChI=1S/C20H27NO/c1-16(2)22-20-11-9-17(10-12-20)15-19(13-14-21-3)18-7-5-4-6-8-18/h4-12,16,19,21H,13-15H2,1-3H3. The summed E-state index contributed by atoms with van der Waals surface area (Å²) >= 11 is 0. The van der Waals surface area contributed by atoms with Crippen molar-refractivity contribution >= 4 is 0 Å². The van der Waals surface area contributed by atoms with E-state index in [9.17, 15) is 0 Å². The second-order valence-electron chi connectivity index (χ2n) is 6.01. The summed E-state index contributed by atoms with van der Waals surface area (Å²) in [6.07, 6.45) is 2.43. The van der Waals surface area contributed by atoms with Crippen LogP contribution in [0.5, 0.6) is 5.75 Å². The number of nitrogens with one attached hydrogen (secondary N) is 1. The Balaban J connectivity index is 2.06. The van der Waals surface area contributed by atoms with Gasteiger partial charge in [-0.3, -0.25) is 0 Å². The molecule has 0 spiro atoms. The SMILES string of the molecule is CNCCC(Cc1ccc(OC(C)C)cc1)c1ccccc1. The number of benzene rings is 2. The van der Waals surface area contributed by atoms with E-state index in [0.717, 1.165) is 25.1 Å². The molecule has 1 atom stereocenters. The Bertz CT molecular complexity index is 533. The van der Waals surface area contributed by atoms with Crippen molar-refractivity contribution in [2.75, 3.05) is 13.6 Å². The second kappa shape index (κ2) is 8.60. The van der Waals surface area contributed by atoms with Gasteiger partial charge in [-0.15, -0.1) is 0 Å². The molecular weight excluding hydrogens is 270 g/mol. The predicted octanol–water partition coefficient (Wildman–Crippen LogP) is 4.41. The molecule has 0 saturated heterocycles. The molecule has 2 heteroatoms. The van der Waals surface area contributed by atoms with Gasteiger partial charge in [-0.25, -0.2) is 0 Å². The van der Waals surface area contributed by atoms with E-state index in [1.165, 1.54) is 11.1 Å². The molecule has 1 N–H and O–H groups in total. The average Bonchev–Trinajstić information content (AvgIpc) is 2.53. The highest BCUT2D eigenvalue weighted by atomic mass is 16.5. The van der Waals surface area contributed by atoms with Crippen LogP contribution in [0.4, 0.5) is 0 Å². The van der Waals surface area contributed by atoms with Gasteiger partial charge in [-0.05, 0) is 69.5 Å². The third kappa shape index (κ3) is 5.19. The maximum absolute atomic E-state index is 5.71. The molecule has 22 heavy (non-hydrogen) atoms. The number of rotatable bonds is 8. The van der Waals surface area contributed by atoms with Crippen LogP contribution in [-0.4, -0.2) is 19.7 Å². The van der Waals surface area contributed by atoms with Gasteiger partial charge in [-0.1, -0.05) is 42.5 Å². The Labute approximate surface area is 134 Å². The van der Waals surface area contributed by atoms with Crippen molar-refractivity contribution < 1.29 is 4.74 Å². The highest BCUT2D eigenvalue weighted by Crippen LogP contribution is 2.25. The first-order chi connectivity index (χ1) is 10.7. The minimum absolute atomic E-state index is 0.221. The molecule has 0 heterocycles. The lowest BCUT2D eigenvalue weighted by Crippen LogP contribution is -2.14. The highest BCUT2D eigenvalue weighted by molar-refractivity contribution is 5.30. The van der Waals surface area contributed by atoms with Gasteiger partial charge < -0.3 is 10.1 Å². The van der Waals surface area contributed by atoms with Crippen LogP contribution in [0, 0.1) is 0 Å². The van der Waals surface area contributed by atoms with Gasteiger partial charge in [0.25, 0.3) is 0 Å². The average molecular weight is 297 g/mol. The maximum Gasteiger partial charge on any atom is 0.119 e. The van der Waals surface area contributed by atoms with Crippen LogP contribution in [0.25, 0.3) is 0 Å². The van der Waals surface area contributed by atoms with Crippen molar-refractivity contribution in [3.63, 3.8) is 0 Å². The molecule has 0 bridgehead atoms. The third-order valence-electron chi connectivity index (χ3n) is 3.79. The zero-order chi connectivity index (χ0) is 15.8. The molecule has 0 aliphatic rings. The van der Waals surface area contributed by atoms with E-state index in [2.05, 4.69) is 73.8 Å². The van der Waals surface area contributed by atoms with Gasteiger partial charge in [0.05, 0.1) is 6.10 Å². The molecule has 2 aromatic rings. The van der Waals surface area contributed by atoms with Crippen molar-refractivity contribution in [2.24, 2.45) is 0 Å². The predicted molar refractivity (Wildman–Crippen MR) is 93.6 cm³/mol. The second-order valence-corrected chi connectivity index (χ2v) is 6.01. The summed E-state index contributed by atoms with van der Waals surface area (Å²) < 4.78 is 5.71. The first-order valence-corrected chi connectivity index (χ1v) is 8.14. The first kappa shape index (κ1) is 16.6. The molecule has 0 amide bonds. The van der Waals surface area contributed by atoms with E-state index >= 15 is 0 Å². The molecule has 2 rings (SSSR count). The molecule has 0 radical (unpaired) electrons. The molecule has 0 aliphatic carbocycles. The summed E-state index contributed by atoms with van der Waals surface area (Å²) in [6.45, 7) is 5.14. The molecule has 0 saturated carbocycles. The van der Waals surface area contributed by atoms with Crippen molar-refractivity contribution in [3.8, 4) is 5.75 Å². The number of hydrogen-bond donors (Lipinski definition) is 1. The topological polar surface area (TPSA) is 21.3 Å². The fourth-order valence-corrected chi connectivity index (χ4v) is 2.69. The van der Waals surface area contributed by atoms with E-state index < -0.39 is 0 Å². The molecule has 0 aromatic heterocycles. The minimum atomic E-state index is 0.221. The van der Waals surface area contributed by atoms with Crippen molar-refractivity contribution in [3.05, 3.63) is 65.7 Å². The molecule has 2 nitrogen and oxygen atoms in total. The summed E-state index contributed by atoms with van der Waals surface area (Å²) in [6, 6.07) is 19.3. The third-order valence-corrected chi connectivity index (χ3v) is 3.79. The van der Waals surface area contributed by atoms with E-state index in [4.69, 9.17) is 4.74 Å². The Hall–Kier alpha value is -1.80. The fraction of sp³-hybridized carbons (Fsp3) is 0.400. The van der Waals surface area contributed by atoms with Gasteiger partial charge >= 0.3 is 0 Å². The molecular formula is C20H27NO. The van der Waals surface area contributed by atoms with Crippen LogP contribution in [0.1, 0.15) is 37.3 Å². The molecule has 0 fully saturated rings. The van der Waals surface area contributed by atoms with Gasteiger partial charge in [-0.2, -0.15) is 0 Å². The van der Waals surface area contributed by atoms with Crippen molar-refractivity contribution in [2.45, 2.75) is 38.7 Å². The van der Waals surface area contributed by atoms with E-state index in [1.54, 1.807) is 0 Å². The highest BCUT2D eigenvalue weighted by Gasteiger charge is 2.12. The lowest BCUT2D eigenvalue weighted by Gasteiger charge is -2.18. The first-order valence-electron chi connectivity index (χ1n) is 8.14. The summed E-state index contributed by atoms with van der Waals surface area (Å²) in [5.41, 5.74) is 2.78. The number of hydrogen-bond acceptors (Lipinski definition) is 2. The fourth-order valence-electron chi connectivity index (χ4n) is 2.69. The Morgan fingerprint density at radius 1 is 0.955 bits per heavy atom. The molecule has 118 valence electrons. The van der Waals surface area contributed by atoms with E-state index in [0.29, 0.717) is 5.92 Å². The summed E-state index contributed by atoms with van der Waals surface area (Å²) in [5, 5.41) is 3.26. The van der Waals surface area contributed by atoms with Crippen molar-refractivity contribution in [1.29, 1.82) is 0 Å². The Kier molecular flexibility index (Phi) is 6.47. The zero-order valence-electron chi connectivity index (χ0n) is 13.9. The van der Waals surface area contributed by atoms with Crippen LogP contribution in [-0.2, 0) is 6.42 Å². The summed E-state index contributed by atoms with van der Waals surface area (Å²) in [7, 11) is 2.01. The molecule has 2 aromatic carbocycles. The largest absolute Gasteiger partial charge is 0.491 e. The Morgan fingerprint density at radius 3 is 2.23 bits per heavy atom.